The van der Waals surface area contributed by atoms with Crippen molar-refractivity contribution in [2.75, 3.05) is 26.8 Å². The number of ether oxygens (including phenoxy) is 2. The molecule has 1 heterocycles. The van der Waals surface area contributed by atoms with Gasteiger partial charge < -0.3 is 14.6 Å². The highest BCUT2D eigenvalue weighted by Gasteiger charge is 2.40. The zero-order chi connectivity index (χ0) is 16.3. The second kappa shape index (κ2) is 6.87. The Morgan fingerprint density at radius 1 is 1.50 bits per heavy atom. The molecular formula is C16H22BrNO4. The van der Waals surface area contributed by atoms with E-state index in [1.54, 1.807) is 7.11 Å². The monoisotopic (exact) mass is 371 g/mol. The molecule has 0 spiro atoms. The molecule has 122 valence electrons. The van der Waals surface area contributed by atoms with Crippen molar-refractivity contribution < 1.29 is 19.4 Å². The van der Waals surface area contributed by atoms with Crippen LogP contribution in [0.2, 0.25) is 0 Å². The molecule has 6 heteroatoms. The van der Waals surface area contributed by atoms with Crippen LogP contribution in [0.25, 0.3) is 0 Å². The zero-order valence-electron chi connectivity index (χ0n) is 13.2. The van der Waals surface area contributed by atoms with Crippen molar-refractivity contribution >= 4 is 21.9 Å². The Labute approximate surface area is 139 Å². The quantitative estimate of drug-likeness (QED) is 0.832. The summed E-state index contributed by atoms with van der Waals surface area (Å²) < 4.78 is 11.8. The maximum atomic E-state index is 11.3. The molecule has 0 bridgehead atoms. The van der Waals surface area contributed by atoms with Crippen LogP contribution in [0.1, 0.15) is 25.8 Å². The van der Waals surface area contributed by atoms with E-state index in [-0.39, 0.29) is 0 Å². The molecule has 0 saturated carbocycles. The summed E-state index contributed by atoms with van der Waals surface area (Å²) in [6.45, 7) is 6.36. The van der Waals surface area contributed by atoms with Crippen molar-refractivity contribution in [2.24, 2.45) is 5.41 Å². The molecule has 1 unspecified atom stereocenters. The summed E-state index contributed by atoms with van der Waals surface area (Å²) in [4.78, 5) is 13.5. The van der Waals surface area contributed by atoms with Crippen molar-refractivity contribution in [3.05, 3.63) is 22.2 Å². The Hall–Kier alpha value is -1.27. The van der Waals surface area contributed by atoms with Crippen LogP contribution in [-0.2, 0) is 11.3 Å². The SMILES string of the molecule is CCOc1cc(CN2CCC(C)(C(=O)O)C2)cc(Br)c1OC. The first-order valence-electron chi connectivity index (χ1n) is 7.34. The number of methoxy groups -OCH3 is 1. The molecule has 1 aliphatic rings. The summed E-state index contributed by atoms with van der Waals surface area (Å²) in [6.07, 6.45) is 0.679. The molecule has 1 aromatic rings. The van der Waals surface area contributed by atoms with Gasteiger partial charge in [0.05, 0.1) is 23.6 Å². The van der Waals surface area contributed by atoms with Gasteiger partial charge in [-0.2, -0.15) is 0 Å². The number of rotatable bonds is 6. The fraction of sp³-hybridized carbons (Fsp3) is 0.562. The van der Waals surface area contributed by atoms with E-state index in [0.717, 1.165) is 16.6 Å². The summed E-state index contributed by atoms with van der Waals surface area (Å²) in [5.41, 5.74) is 0.428. The topological polar surface area (TPSA) is 59.0 Å². The summed E-state index contributed by atoms with van der Waals surface area (Å²) >= 11 is 3.51. The molecular weight excluding hydrogens is 350 g/mol. The number of hydrogen-bond donors (Lipinski definition) is 1. The molecule has 0 amide bonds. The summed E-state index contributed by atoms with van der Waals surface area (Å²) in [7, 11) is 1.61. The maximum Gasteiger partial charge on any atom is 0.310 e. The molecule has 1 N–H and O–H groups in total. The highest BCUT2D eigenvalue weighted by Crippen LogP contribution is 2.38. The highest BCUT2D eigenvalue weighted by molar-refractivity contribution is 9.10. The van der Waals surface area contributed by atoms with Crippen LogP contribution in [0.3, 0.4) is 0 Å². The first-order valence-corrected chi connectivity index (χ1v) is 8.14. The Balaban J connectivity index is 2.15. The van der Waals surface area contributed by atoms with Crippen LogP contribution in [0.4, 0.5) is 0 Å². The van der Waals surface area contributed by atoms with Gasteiger partial charge >= 0.3 is 5.97 Å². The minimum Gasteiger partial charge on any atom is -0.492 e. The molecule has 1 saturated heterocycles. The van der Waals surface area contributed by atoms with Gasteiger partial charge in [-0.05, 0) is 60.4 Å². The first kappa shape index (κ1) is 17.1. The lowest BCUT2D eigenvalue weighted by atomic mass is 9.90. The number of carboxylic acids is 1. The van der Waals surface area contributed by atoms with Crippen molar-refractivity contribution in [3.8, 4) is 11.5 Å². The second-order valence-corrected chi connectivity index (χ2v) is 6.72. The lowest BCUT2D eigenvalue weighted by molar-refractivity contribution is -0.147. The van der Waals surface area contributed by atoms with Gasteiger partial charge in [0, 0.05) is 13.1 Å². The van der Waals surface area contributed by atoms with Crippen molar-refractivity contribution in [3.63, 3.8) is 0 Å². The fourth-order valence-electron chi connectivity index (χ4n) is 2.80. The molecule has 1 fully saturated rings. The van der Waals surface area contributed by atoms with E-state index in [0.29, 0.717) is 37.6 Å². The Morgan fingerprint density at radius 2 is 2.23 bits per heavy atom. The van der Waals surface area contributed by atoms with E-state index < -0.39 is 11.4 Å². The summed E-state index contributed by atoms with van der Waals surface area (Å²) in [6, 6.07) is 3.96. The average Bonchev–Trinajstić information content (AvgIpc) is 2.82. The van der Waals surface area contributed by atoms with Crippen LogP contribution >= 0.6 is 15.9 Å². The number of hydrogen-bond acceptors (Lipinski definition) is 4. The van der Waals surface area contributed by atoms with Gasteiger partial charge in [0.25, 0.3) is 0 Å². The zero-order valence-corrected chi connectivity index (χ0v) is 14.8. The van der Waals surface area contributed by atoms with Gasteiger partial charge in [-0.3, -0.25) is 9.69 Å². The standard InChI is InChI=1S/C16H22BrNO4/c1-4-22-13-8-11(7-12(17)14(13)21-3)9-18-6-5-16(2,10-18)15(19)20/h7-8H,4-6,9-10H2,1-3H3,(H,19,20). The largest absolute Gasteiger partial charge is 0.492 e. The van der Waals surface area contributed by atoms with Crippen LogP contribution in [0.15, 0.2) is 16.6 Å². The number of benzene rings is 1. The van der Waals surface area contributed by atoms with Crippen molar-refractivity contribution in [1.82, 2.24) is 4.90 Å². The predicted molar refractivity (Wildman–Crippen MR) is 87.5 cm³/mol. The number of carbonyl (C=O) groups is 1. The molecule has 1 aromatic carbocycles. The molecule has 0 aromatic heterocycles. The maximum absolute atomic E-state index is 11.3. The fourth-order valence-corrected chi connectivity index (χ4v) is 3.45. The predicted octanol–water partition coefficient (Wildman–Crippen LogP) is 3.15. The van der Waals surface area contributed by atoms with Gasteiger partial charge in [-0.25, -0.2) is 0 Å². The number of halogens is 1. The smallest absolute Gasteiger partial charge is 0.310 e. The summed E-state index contributed by atoms with van der Waals surface area (Å²) in [5.74, 6) is 0.665. The lowest BCUT2D eigenvalue weighted by Crippen LogP contribution is -2.31. The van der Waals surface area contributed by atoms with Crippen LogP contribution in [0, 0.1) is 5.41 Å². The van der Waals surface area contributed by atoms with Crippen molar-refractivity contribution in [1.29, 1.82) is 0 Å². The van der Waals surface area contributed by atoms with Gasteiger partial charge in [-0.15, -0.1) is 0 Å². The van der Waals surface area contributed by atoms with Gasteiger partial charge in [0.2, 0.25) is 0 Å². The van der Waals surface area contributed by atoms with Gasteiger partial charge in [-0.1, -0.05) is 0 Å². The van der Waals surface area contributed by atoms with Crippen LogP contribution in [0.5, 0.6) is 11.5 Å². The van der Waals surface area contributed by atoms with Crippen LogP contribution < -0.4 is 9.47 Å². The third-order valence-electron chi connectivity index (χ3n) is 4.05. The molecule has 1 aliphatic heterocycles. The van der Waals surface area contributed by atoms with Crippen molar-refractivity contribution in [2.45, 2.75) is 26.8 Å². The summed E-state index contributed by atoms with van der Waals surface area (Å²) in [5, 5.41) is 9.31. The highest BCUT2D eigenvalue weighted by atomic mass is 79.9. The third kappa shape index (κ3) is 3.55. The normalized spacial score (nSPS) is 21.8. The molecule has 0 aliphatic carbocycles. The number of carboxylic acid groups (broad SMARTS) is 1. The van der Waals surface area contributed by atoms with E-state index in [2.05, 4.69) is 20.8 Å². The Kier molecular flexibility index (Phi) is 5.34. The Bertz CT molecular complexity index is 563. The molecule has 22 heavy (non-hydrogen) atoms. The average molecular weight is 372 g/mol. The van der Waals surface area contributed by atoms with Gasteiger partial charge in [0.1, 0.15) is 0 Å². The van der Waals surface area contributed by atoms with E-state index in [1.807, 2.05) is 26.0 Å². The number of nitrogens with zero attached hydrogens (tertiary/aromatic N) is 1. The van der Waals surface area contributed by atoms with E-state index >= 15 is 0 Å². The number of aliphatic carboxylic acids is 1. The Morgan fingerprint density at radius 3 is 2.77 bits per heavy atom. The molecule has 1 atom stereocenters. The lowest BCUT2D eigenvalue weighted by Gasteiger charge is -2.21. The van der Waals surface area contributed by atoms with Crippen LogP contribution in [-0.4, -0.2) is 42.8 Å². The molecule has 5 nitrogen and oxygen atoms in total. The molecule has 2 rings (SSSR count). The molecule has 0 radical (unpaired) electrons. The van der Waals surface area contributed by atoms with E-state index in [9.17, 15) is 9.90 Å². The van der Waals surface area contributed by atoms with E-state index in [1.165, 1.54) is 0 Å². The van der Waals surface area contributed by atoms with Gasteiger partial charge in [0.15, 0.2) is 11.5 Å². The van der Waals surface area contributed by atoms with E-state index in [4.69, 9.17) is 9.47 Å². The third-order valence-corrected chi connectivity index (χ3v) is 4.64. The minimum absolute atomic E-state index is 0.563. The minimum atomic E-state index is -0.721. The first-order chi connectivity index (χ1) is 10.4. The number of likely N-dealkylation sites (tertiary alicyclic amines) is 1. The second-order valence-electron chi connectivity index (χ2n) is 5.87.